The molecule has 27 heavy (non-hydrogen) atoms. The molecule has 0 fully saturated rings. The maximum Gasteiger partial charge on any atom is -1.00 e. The van der Waals surface area contributed by atoms with E-state index < -0.39 is 11.2 Å². The number of fused-ring (bicyclic) bond motifs is 1. The van der Waals surface area contributed by atoms with E-state index in [9.17, 15) is 0 Å². The van der Waals surface area contributed by atoms with E-state index in [2.05, 4.69) is 20.5 Å². The average molecular weight is 591 g/mol. The molecule has 0 N–H and O–H groups in total. The molecular formula is C17H12BrCl4N3SSe. The van der Waals surface area contributed by atoms with E-state index in [0.717, 1.165) is 31.2 Å². The van der Waals surface area contributed by atoms with Crippen molar-refractivity contribution in [3.63, 3.8) is 0 Å². The number of hydrogen-bond donors (Lipinski definition) is 0. The summed E-state index contributed by atoms with van der Waals surface area (Å²) in [4.78, 5) is 0. The summed E-state index contributed by atoms with van der Waals surface area (Å²) in [7, 11) is 13.6. The van der Waals surface area contributed by atoms with Crippen molar-refractivity contribution < 1.29 is 17.0 Å². The molecule has 3 aromatic rings. The Morgan fingerprint density at radius 2 is 1.85 bits per heavy atom. The second-order valence-corrected chi connectivity index (χ2v) is 16.6. The summed E-state index contributed by atoms with van der Waals surface area (Å²) >= 11 is 7.93. The number of alkyl halides is 1. The second-order valence-electron chi connectivity index (χ2n) is 5.44. The number of rotatable bonds is 3. The molecule has 2 heterocycles. The third kappa shape index (κ3) is 3.96. The molecule has 3 nitrogen and oxygen atoms in total. The molecule has 10 heteroatoms. The molecule has 0 spiro atoms. The molecule has 1 aliphatic heterocycles. The summed E-state index contributed by atoms with van der Waals surface area (Å²) < 4.78 is 5.71. The zero-order valence-electron chi connectivity index (χ0n) is 13.5. The smallest absolute Gasteiger partial charge is 1.00 e. The van der Waals surface area contributed by atoms with Crippen LogP contribution in [0.4, 0.5) is 0 Å². The van der Waals surface area contributed by atoms with Gasteiger partial charge in [-0.25, -0.2) is 0 Å². The van der Waals surface area contributed by atoms with Crippen LogP contribution >= 0.6 is 59.5 Å². The van der Waals surface area contributed by atoms with Crippen molar-refractivity contribution in [3.05, 3.63) is 68.9 Å². The largest absolute Gasteiger partial charge is 1.00 e. The Kier molecular flexibility index (Phi) is 6.92. The van der Waals surface area contributed by atoms with Gasteiger partial charge in [-0.05, 0) is 0 Å². The Morgan fingerprint density at radius 3 is 2.52 bits per heavy atom. The van der Waals surface area contributed by atoms with Crippen LogP contribution in [0.2, 0.25) is 0 Å². The fourth-order valence-corrected chi connectivity index (χ4v) is 12.1. The van der Waals surface area contributed by atoms with Gasteiger partial charge in [0.1, 0.15) is 0 Å². The Morgan fingerprint density at radius 1 is 1.11 bits per heavy atom. The third-order valence-corrected chi connectivity index (χ3v) is 13.3. The number of aromatic nitrogens is 3. The van der Waals surface area contributed by atoms with Gasteiger partial charge in [0.15, 0.2) is 0 Å². The first-order valence-electron chi connectivity index (χ1n) is 7.53. The van der Waals surface area contributed by atoms with Gasteiger partial charge < -0.3 is 12.4 Å². The Balaban J connectivity index is 0.00000210. The fourth-order valence-electron chi connectivity index (χ4n) is 2.61. The van der Waals surface area contributed by atoms with E-state index in [0.29, 0.717) is 5.88 Å². The fraction of sp³-hybridized carbons (Fsp3) is 0.0588. The van der Waals surface area contributed by atoms with Gasteiger partial charge in [-0.1, -0.05) is 0 Å². The summed E-state index contributed by atoms with van der Waals surface area (Å²) in [5, 5.41) is 7.68. The summed E-state index contributed by atoms with van der Waals surface area (Å²) in [5.41, 5.74) is 1.97. The molecule has 0 atom stereocenters. The average Bonchev–Trinajstić information content (AvgIpc) is 3.03. The summed E-state index contributed by atoms with van der Waals surface area (Å²) in [5.74, 6) is 1.09. The van der Waals surface area contributed by atoms with Gasteiger partial charge in [0.05, 0.1) is 0 Å². The van der Waals surface area contributed by atoms with Crippen molar-refractivity contribution >= 4 is 70.7 Å². The van der Waals surface area contributed by atoms with Crippen LogP contribution in [0.5, 0.6) is 0 Å². The van der Waals surface area contributed by atoms with Gasteiger partial charge in [-0.15, -0.1) is 0 Å². The zero-order chi connectivity index (χ0) is 18.3. The van der Waals surface area contributed by atoms with E-state index in [1.54, 1.807) is 15.5 Å². The maximum absolute atomic E-state index is 6.79. The van der Waals surface area contributed by atoms with Crippen molar-refractivity contribution in [2.75, 3.05) is 5.88 Å². The van der Waals surface area contributed by atoms with Crippen LogP contribution in [-0.4, -0.2) is 25.9 Å². The second kappa shape index (κ2) is 8.68. The van der Waals surface area contributed by atoms with Gasteiger partial charge in [-0.3, -0.25) is 0 Å². The minimum absolute atomic E-state index is 0. The molecular weight excluding hydrogens is 579 g/mol. The van der Waals surface area contributed by atoms with Crippen molar-refractivity contribution in [2.24, 2.45) is 0 Å². The molecule has 0 saturated carbocycles. The van der Waals surface area contributed by atoms with Gasteiger partial charge in [0.2, 0.25) is 0 Å². The number of thioether (sulfide) groups is 1. The quantitative estimate of drug-likeness (QED) is 0.266. The van der Waals surface area contributed by atoms with Crippen LogP contribution in [0.25, 0.3) is 17.1 Å². The van der Waals surface area contributed by atoms with Crippen molar-refractivity contribution in [2.45, 2.75) is 5.16 Å². The van der Waals surface area contributed by atoms with Gasteiger partial charge in [-0.2, -0.15) is 0 Å². The Bertz CT molecular complexity index is 1010. The number of benzene rings is 2. The predicted molar refractivity (Wildman–Crippen MR) is 114 cm³/mol. The first kappa shape index (κ1) is 21.5. The van der Waals surface area contributed by atoms with Crippen LogP contribution in [0.15, 0.2) is 74.1 Å². The zero-order valence-corrected chi connectivity index (χ0v) is 20.7. The normalized spacial score (nSPS) is 16.1. The molecule has 0 saturated heterocycles. The van der Waals surface area contributed by atoms with E-state index in [-0.39, 0.29) is 12.4 Å². The Hall–Kier alpha value is -0.171. The first-order valence-corrected chi connectivity index (χ1v) is 15.9. The van der Waals surface area contributed by atoms with E-state index in [1.165, 1.54) is 0 Å². The van der Waals surface area contributed by atoms with Crippen LogP contribution in [-0.2, 0) is 0 Å². The van der Waals surface area contributed by atoms with Crippen LogP contribution in [0.3, 0.4) is 0 Å². The number of nitrogens with zero attached hydrogens (tertiary/aromatic N) is 3. The van der Waals surface area contributed by atoms with Crippen LogP contribution in [0.1, 0.15) is 0 Å². The molecule has 0 aliphatic carbocycles. The summed E-state index contributed by atoms with van der Waals surface area (Å²) in [6, 6.07) is 18.1. The van der Waals surface area contributed by atoms with Crippen LogP contribution in [0, 0.1) is 0 Å². The maximum atomic E-state index is 6.79. The summed E-state index contributed by atoms with van der Waals surface area (Å²) in [6.45, 7) is 0. The van der Waals surface area contributed by atoms with Crippen molar-refractivity contribution in [3.8, 4) is 17.1 Å². The predicted octanol–water partition coefficient (Wildman–Crippen LogP) is 2.63. The SMILES string of the molecule is ClCC1=CSc2n(nc(-c3cccc(Br)c3)[n+]2-c2ccccc2)[Se]1(Cl)Cl.[Cl-]. The molecule has 0 bridgehead atoms. The molecule has 1 aromatic heterocycles. The van der Waals surface area contributed by atoms with E-state index >= 15 is 0 Å². The first-order chi connectivity index (χ1) is 12.5. The minimum Gasteiger partial charge on any atom is -1.00 e. The molecule has 2 aromatic carbocycles. The van der Waals surface area contributed by atoms with E-state index in [1.807, 2.05) is 60.0 Å². The molecule has 0 unspecified atom stereocenters. The number of halogens is 5. The molecule has 1 aliphatic rings. The van der Waals surface area contributed by atoms with Gasteiger partial charge in [0, 0.05) is 0 Å². The molecule has 0 amide bonds. The topological polar surface area (TPSA) is 21.7 Å². The number of allylic oxidation sites excluding steroid dienone is 1. The minimum atomic E-state index is -3.21. The standard InChI is InChI=1S/C17H12BrCl3N3SSe.ClH/c18-13-6-4-5-12(9-13)16-22-24-17(23(16)14-7-2-1-3-8-14)25-11-15(10-19)26(24,20)21;/h1-9,11H,10H2;1H/q+1;/p-1. The van der Waals surface area contributed by atoms with Crippen molar-refractivity contribution in [1.29, 1.82) is 0 Å². The molecule has 142 valence electrons. The summed E-state index contributed by atoms with van der Waals surface area (Å²) in [6.07, 6.45) is 0. The number of hydrogen-bond acceptors (Lipinski definition) is 2. The third-order valence-electron chi connectivity index (χ3n) is 3.81. The van der Waals surface area contributed by atoms with Crippen molar-refractivity contribution in [1.82, 2.24) is 8.80 Å². The van der Waals surface area contributed by atoms with Gasteiger partial charge >= 0.3 is 181 Å². The monoisotopic (exact) mass is 589 g/mol. The number of para-hydroxylation sites is 1. The Labute approximate surface area is 192 Å². The van der Waals surface area contributed by atoms with Crippen LogP contribution < -0.4 is 17.0 Å². The van der Waals surface area contributed by atoms with Gasteiger partial charge in [0.25, 0.3) is 0 Å². The molecule has 0 radical (unpaired) electrons. The molecule has 4 rings (SSSR count). The van der Waals surface area contributed by atoms with E-state index in [4.69, 9.17) is 36.9 Å².